The van der Waals surface area contributed by atoms with Crippen molar-refractivity contribution in [1.29, 1.82) is 0 Å². The second-order valence-corrected chi connectivity index (χ2v) is 3.24. The van der Waals surface area contributed by atoms with Crippen LogP contribution in [-0.4, -0.2) is 6.54 Å². The molecule has 80 valence electrons. The summed E-state index contributed by atoms with van der Waals surface area (Å²) in [5.41, 5.74) is 6.75. The molecule has 0 atom stereocenters. The maximum Gasteiger partial charge on any atom is 0.416 e. The highest BCUT2D eigenvalue weighted by atomic mass is 19.4. The Hall–Kier alpha value is -1.49. The smallest absolute Gasteiger partial charge is 0.328 e. The minimum absolute atomic E-state index is 0.616. The Bertz CT molecular complexity index is 379. The van der Waals surface area contributed by atoms with Gasteiger partial charge in [-0.05, 0) is 23.3 Å². The average molecular weight is 214 g/mol. The van der Waals surface area contributed by atoms with E-state index in [2.05, 4.69) is 10.9 Å². The third-order valence-corrected chi connectivity index (χ3v) is 2.21. The fraction of sp³-hybridized carbons (Fsp3) is 0.200. The molecule has 0 saturated carbocycles. The number of hydrogen-bond donors (Lipinski definition) is 2. The van der Waals surface area contributed by atoms with E-state index in [1.165, 1.54) is 12.1 Å². The first-order valence-electron chi connectivity index (χ1n) is 4.42. The summed E-state index contributed by atoms with van der Waals surface area (Å²) in [7, 11) is 0. The molecule has 0 spiro atoms. The van der Waals surface area contributed by atoms with Gasteiger partial charge in [-0.2, -0.15) is 13.2 Å². The van der Waals surface area contributed by atoms with Crippen LogP contribution in [0.2, 0.25) is 0 Å². The van der Waals surface area contributed by atoms with Gasteiger partial charge in [0.15, 0.2) is 0 Å². The van der Waals surface area contributed by atoms with E-state index in [0.717, 1.165) is 23.3 Å². The maximum absolute atomic E-state index is 12.3. The monoisotopic (exact) mass is 214 g/mol. The first-order chi connectivity index (χ1) is 7.07. The standard InChI is InChI=1S/C10H9F3N2/c11-10(12,13)9-3-1-7(2-4-9)8-5-14-15-6-8/h1-5,14-15H,6H2. The number of hydrazine groups is 1. The molecule has 1 aliphatic rings. The zero-order valence-electron chi connectivity index (χ0n) is 7.73. The predicted molar refractivity (Wildman–Crippen MR) is 50.6 cm³/mol. The summed E-state index contributed by atoms with van der Waals surface area (Å²) in [6.45, 7) is 0.616. The van der Waals surface area contributed by atoms with Gasteiger partial charge in [-0.25, -0.2) is 5.43 Å². The van der Waals surface area contributed by atoms with Gasteiger partial charge >= 0.3 is 6.18 Å². The summed E-state index contributed by atoms with van der Waals surface area (Å²) in [6, 6.07) is 5.13. The molecule has 2 rings (SSSR count). The third kappa shape index (κ3) is 2.12. The normalized spacial score (nSPS) is 16.1. The number of benzene rings is 1. The molecule has 2 nitrogen and oxygen atoms in total. The minimum Gasteiger partial charge on any atom is -0.328 e. The van der Waals surface area contributed by atoms with Gasteiger partial charge in [0.2, 0.25) is 0 Å². The SMILES string of the molecule is FC(F)(F)c1ccc(C2=CNNC2)cc1. The predicted octanol–water partition coefficient (Wildman–Crippen LogP) is 2.15. The number of halogens is 3. The highest BCUT2D eigenvalue weighted by Crippen LogP contribution is 2.30. The van der Waals surface area contributed by atoms with Crippen molar-refractivity contribution in [2.75, 3.05) is 6.54 Å². The van der Waals surface area contributed by atoms with Crippen LogP contribution in [-0.2, 0) is 6.18 Å². The van der Waals surface area contributed by atoms with E-state index in [1.807, 2.05) is 0 Å². The minimum atomic E-state index is -4.26. The van der Waals surface area contributed by atoms with Crippen LogP contribution < -0.4 is 10.9 Å². The van der Waals surface area contributed by atoms with E-state index in [4.69, 9.17) is 0 Å². The summed E-state index contributed by atoms with van der Waals surface area (Å²) >= 11 is 0. The van der Waals surface area contributed by atoms with E-state index in [-0.39, 0.29) is 0 Å². The second-order valence-electron chi connectivity index (χ2n) is 3.24. The van der Waals surface area contributed by atoms with Crippen LogP contribution in [0.5, 0.6) is 0 Å². The van der Waals surface area contributed by atoms with Crippen molar-refractivity contribution in [3.63, 3.8) is 0 Å². The van der Waals surface area contributed by atoms with Gasteiger partial charge in [-0.15, -0.1) is 0 Å². The Labute approximate surface area is 84.8 Å². The van der Waals surface area contributed by atoms with Crippen molar-refractivity contribution >= 4 is 5.57 Å². The van der Waals surface area contributed by atoms with Gasteiger partial charge in [-0.1, -0.05) is 12.1 Å². The Morgan fingerprint density at radius 1 is 1.07 bits per heavy atom. The lowest BCUT2D eigenvalue weighted by Gasteiger charge is -2.07. The van der Waals surface area contributed by atoms with E-state index >= 15 is 0 Å². The molecule has 0 radical (unpaired) electrons. The molecule has 2 N–H and O–H groups in total. The quantitative estimate of drug-likeness (QED) is 0.748. The van der Waals surface area contributed by atoms with Crippen molar-refractivity contribution in [3.05, 3.63) is 41.6 Å². The molecule has 0 unspecified atom stereocenters. The molecule has 0 bridgehead atoms. The fourth-order valence-electron chi connectivity index (χ4n) is 1.39. The van der Waals surface area contributed by atoms with Crippen LogP contribution in [0.4, 0.5) is 13.2 Å². The highest BCUT2D eigenvalue weighted by Gasteiger charge is 2.30. The molecule has 5 heteroatoms. The van der Waals surface area contributed by atoms with Crippen molar-refractivity contribution < 1.29 is 13.2 Å². The zero-order chi connectivity index (χ0) is 10.9. The molecule has 1 aromatic rings. The van der Waals surface area contributed by atoms with E-state index < -0.39 is 11.7 Å². The van der Waals surface area contributed by atoms with Crippen molar-refractivity contribution in [2.45, 2.75) is 6.18 Å². The summed E-state index contributed by atoms with van der Waals surface area (Å²) in [4.78, 5) is 0. The van der Waals surface area contributed by atoms with E-state index in [1.54, 1.807) is 6.20 Å². The number of hydrogen-bond acceptors (Lipinski definition) is 2. The number of alkyl halides is 3. The van der Waals surface area contributed by atoms with E-state index in [9.17, 15) is 13.2 Å². The lowest BCUT2D eigenvalue weighted by molar-refractivity contribution is -0.137. The molecule has 0 aliphatic carbocycles. The van der Waals surface area contributed by atoms with Crippen LogP contribution in [0.25, 0.3) is 5.57 Å². The number of rotatable bonds is 1. The van der Waals surface area contributed by atoms with Crippen LogP contribution in [0, 0.1) is 0 Å². The fourth-order valence-corrected chi connectivity index (χ4v) is 1.39. The highest BCUT2D eigenvalue weighted by molar-refractivity contribution is 5.68. The molecule has 1 aliphatic heterocycles. The topological polar surface area (TPSA) is 24.1 Å². The molecule has 1 heterocycles. The van der Waals surface area contributed by atoms with Crippen LogP contribution >= 0.6 is 0 Å². The molecule has 0 saturated heterocycles. The van der Waals surface area contributed by atoms with Crippen LogP contribution in [0.15, 0.2) is 30.5 Å². The largest absolute Gasteiger partial charge is 0.416 e. The van der Waals surface area contributed by atoms with Gasteiger partial charge in [0, 0.05) is 12.7 Å². The lowest BCUT2D eigenvalue weighted by atomic mass is 10.1. The van der Waals surface area contributed by atoms with Crippen LogP contribution in [0.1, 0.15) is 11.1 Å². The Morgan fingerprint density at radius 3 is 2.20 bits per heavy atom. The molecular formula is C10H9F3N2. The first-order valence-corrected chi connectivity index (χ1v) is 4.42. The van der Waals surface area contributed by atoms with Crippen LogP contribution in [0.3, 0.4) is 0 Å². The van der Waals surface area contributed by atoms with Gasteiger partial charge in [0.05, 0.1) is 5.56 Å². The molecule has 15 heavy (non-hydrogen) atoms. The first kappa shape index (κ1) is 10.0. The van der Waals surface area contributed by atoms with Crippen molar-refractivity contribution in [1.82, 2.24) is 10.9 Å². The number of nitrogens with one attached hydrogen (secondary N) is 2. The average Bonchev–Trinajstić information content (AvgIpc) is 2.69. The van der Waals surface area contributed by atoms with Gasteiger partial charge in [-0.3, -0.25) is 0 Å². The Kier molecular flexibility index (Phi) is 2.40. The summed E-state index contributed by atoms with van der Waals surface area (Å²) in [5, 5.41) is 0. The molecular weight excluding hydrogens is 205 g/mol. The zero-order valence-corrected chi connectivity index (χ0v) is 7.73. The van der Waals surface area contributed by atoms with Gasteiger partial charge in [0.25, 0.3) is 0 Å². The van der Waals surface area contributed by atoms with Crippen molar-refractivity contribution in [3.8, 4) is 0 Å². The van der Waals surface area contributed by atoms with Gasteiger partial charge < -0.3 is 5.43 Å². The van der Waals surface area contributed by atoms with E-state index in [0.29, 0.717) is 6.54 Å². The third-order valence-electron chi connectivity index (χ3n) is 2.21. The second kappa shape index (κ2) is 3.58. The molecule has 0 fully saturated rings. The lowest BCUT2D eigenvalue weighted by Crippen LogP contribution is -2.20. The molecule has 1 aromatic carbocycles. The summed E-state index contributed by atoms with van der Waals surface area (Å²) in [5.74, 6) is 0. The summed E-state index contributed by atoms with van der Waals surface area (Å²) in [6.07, 6.45) is -2.53. The Balaban J connectivity index is 2.24. The molecule has 0 amide bonds. The maximum atomic E-state index is 12.3. The Morgan fingerprint density at radius 2 is 1.73 bits per heavy atom. The summed E-state index contributed by atoms with van der Waals surface area (Å²) < 4.78 is 36.8. The van der Waals surface area contributed by atoms with Gasteiger partial charge in [0.1, 0.15) is 0 Å². The van der Waals surface area contributed by atoms with Crippen molar-refractivity contribution in [2.24, 2.45) is 0 Å². The molecule has 0 aromatic heterocycles.